The fraction of sp³-hybridized carbons (Fsp3) is 0.300. The van der Waals surface area contributed by atoms with Crippen molar-refractivity contribution in [1.29, 1.82) is 0 Å². The number of para-hydroxylation sites is 1. The van der Waals surface area contributed by atoms with E-state index in [0.717, 1.165) is 16.8 Å². The van der Waals surface area contributed by atoms with E-state index in [9.17, 15) is 9.18 Å². The van der Waals surface area contributed by atoms with Crippen LogP contribution in [0.1, 0.15) is 44.4 Å². The normalized spacial score (nSPS) is 9.40. The highest BCUT2D eigenvalue weighted by atomic mass is 19.1. The summed E-state index contributed by atoms with van der Waals surface area (Å²) in [7, 11) is 0. The SMILES string of the molecule is CC.CC.Cc1cccc(C)c1NC(=O)N/N=C/c1ccccc1F. The van der Waals surface area contributed by atoms with Crippen LogP contribution in [0.5, 0.6) is 0 Å². The van der Waals surface area contributed by atoms with E-state index in [1.54, 1.807) is 18.2 Å². The van der Waals surface area contributed by atoms with Crippen LogP contribution in [0.3, 0.4) is 0 Å². The zero-order chi connectivity index (χ0) is 19.2. The molecule has 136 valence electrons. The summed E-state index contributed by atoms with van der Waals surface area (Å²) in [6, 6.07) is 11.5. The van der Waals surface area contributed by atoms with Gasteiger partial charge in [-0.1, -0.05) is 64.1 Å². The van der Waals surface area contributed by atoms with Gasteiger partial charge in [0, 0.05) is 11.3 Å². The number of nitrogens with zero attached hydrogens (tertiary/aromatic N) is 1. The van der Waals surface area contributed by atoms with Gasteiger partial charge in [-0.2, -0.15) is 5.10 Å². The highest BCUT2D eigenvalue weighted by Gasteiger charge is 2.05. The third-order valence-corrected chi connectivity index (χ3v) is 2.99. The van der Waals surface area contributed by atoms with Crippen LogP contribution < -0.4 is 10.7 Å². The first-order chi connectivity index (χ1) is 12.1. The second-order valence-electron chi connectivity index (χ2n) is 4.61. The number of anilines is 1. The molecule has 0 aliphatic carbocycles. The van der Waals surface area contributed by atoms with Crippen molar-refractivity contribution in [3.05, 3.63) is 65.0 Å². The second kappa shape index (κ2) is 12.7. The lowest BCUT2D eigenvalue weighted by Gasteiger charge is -2.10. The summed E-state index contributed by atoms with van der Waals surface area (Å²) in [5.74, 6) is -0.391. The Hall–Kier alpha value is -2.69. The van der Waals surface area contributed by atoms with E-state index >= 15 is 0 Å². The van der Waals surface area contributed by atoms with Gasteiger partial charge in [0.05, 0.1) is 6.21 Å². The van der Waals surface area contributed by atoms with Crippen LogP contribution in [0.2, 0.25) is 0 Å². The minimum absolute atomic E-state index is 0.310. The van der Waals surface area contributed by atoms with Gasteiger partial charge in [-0.25, -0.2) is 14.6 Å². The van der Waals surface area contributed by atoms with Crippen molar-refractivity contribution in [3.8, 4) is 0 Å². The monoisotopic (exact) mass is 345 g/mol. The Morgan fingerprint density at radius 2 is 1.52 bits per heavy atom. The molecule has 0 atom stereocenters. The summed E-state index contributed by atoms with van der Waals surface area (Å²) in [5, 5.41) is 6.45. The van der Waals surface area contributed by atoms with Crippen molar-refractivity contribution in [2.24, 2.45) is 5.10 Å². The minimum atomic E-state index is -0.472. The van der Waals surface area contributed by atoms with Gasteiger partial charge in [0.2, 0.25) is 0 Å². The molecule has 2 amide bonds. The van der Waals surface area contributed by atoms with E-state index in [2.05, 4.69) is 15.8 Å². The predicted octanol–water partition coefficient (Wildman–Crippen LogP) is 5.65. The molecule has 2 aromatic rings. The fourth-order valence-electron chi connectivity index (χ4n) is 1.89. The Labute approximate surface area is 150 Å². The van der Waals surface area contributed by atoms with Gasteiger partial charge in [0.1, 0.15) is 5.82 Å². The van der Waals surface area contributed by atoms with Crippen molar-refractivity contribution in [1.82, 2.24) is 5.43 Å². The number of urea groups is 1. The maximum atomic E-state index is 13.3. The summed E-state index contributed by atoms with van der Waals surface area (Å²) >= 11 is 0. The molecule has 0 heterocycles. The molecule has 0 unspecified atom stereocenters. The van der Waals surface area contributed by atoms with Crippen molar-refractivity contribution < 1.29 is 9.18 Å². The smallest absolute Gasteiger partial charge is 0.306 e. The van der Waals surface area contributed by atoms with Gasteiger partial charge in [0.15, 0.2) is 0 Å². The molecule has 0 aromatic heterocycles. The molecule has 5 heteroatoms. The summed E-state index contributed by atoms with van der Waals surface area (Å²) in [6.45, 7) is 11.8. The molecule has 0 fully saturated rings. The number of halogens is 1. The maximum Gasteiger partial charge on any atom is 0.339 e. The van der Waals surface area contributed by atoms with E-state index in [-0.39, 0.29) is 0 Å². The van der Waals surface area contributed by atoms with Gasteiger partial charge in [-0.3, -0.25) is 0 Å². The molecule has 0 aliphatic rings. The Bertz CT molecular complexity index is 664. The first kappa shape index (κ1) is 22.3. The van der Waals surface area contributed by atoms with Crippen LogP contribution in [0.4, 0.5) is 14.9 Å². The number of aryl methyl sites for hydroxylation is 2. The Morgan fingerprint density at radius 3 is 2.08 bits per heavy atom. The number of hydrazone groups is 1. The van der Waals surface area contributed by atoms with Crippen LogP contribution in [-0.4, -0.2) is 12.2 Å². The van der Waals surface area contributed by atoms with Crippen LogP contribution >= 0.6 is 0 Å². The average Bonchev–Trinajstić information content (AvgIpc) is 2.63. The van der Waals surface area contributed by atoms with Crippen molar-refractivity contribution in [2.45, 2.75) is 41.5 Å². The van der Waals surface area contributed by atoms with Gasteiger partial charge in [-0.15, -0.1) is 0 Å². The van der Waals surface area contributed by atoms with Gasteiger partial charge in [0.25, 0.3) is 0 Å². The molecule has 2 rings (SSSR count). The Kier molecular flexibility index (Phi) is 11.3. The summed E-state index contributed by atoms with van der Waals surface area (Å²) in [6.07, 6.45) is 1.26. The third-order valence-electron chi connectivity index (χ3n) is 2.99. The zero-order valence-electron chi connectivity index (χ0n) is 15.9. The minimum Gasteiger partial charge on any atom is -0.306 e. The van der Waals surface area contributed by atoms with E-state index in [1.165, 1.54) is 12.3 Å². The van der Waals surface area contributed by atoms with Crippen LogP contribution in [0, 0.1) is 19.7 Å². The highest BCUT2D eigenvalue weighted by molar-refractivity contribution is 5.91. The molecule has 2 aromatic carbocycles. The van der Waals surface area contributed by atoms with E-state index < -0.39 is 11.8 Å². The van der Waals surface area contributed by atoms with Crippen LogP contribution in [0.25, 0.3) is 0 Å². The van der Waals surface area contributed by atoms with E-state index in [0.29, 0.717) is 5.56 Å². The summed E-state index contributed by atoms with van der Waals surface area (Å²) in [5.41, 5.74) is 5.29. The number of carbonyl (C=O) groups excluding carboxylic acids is 1. The first-order valence-corrected chi connectivity index (χ1v) is 8.48. The maximum absolute atomic E-state index is 13.3. The third kappa shape index (κ3) is 7.61. The van der Waals surface area contributed by atoms with Crippen LogP contribution in [0.15, 0.2) is 47.6 Å². The quantitative estimate of drug-likeness (QED) is 0.548. The number of nitrogens with one attached hydrogen (secondary N) is 2. The molecule has 0 saturated heterocycles. The molecular formula is C20H28FN3O. The number of hydrogen-bond donors (Lipinski definition) is 2. The first-order valence-electron chi connectivity index (χ1n) is 8.48. The standard InChI is InChI=1S/C16H16FN3O.2C2H6/c1-11-6-5-7-12(2)15(11)19-16(21)20-18-10-13-8-3-4-9-14(13)17;2*1-2/h3-10H,1-2H3,(H2,19,20,21);2*1-2H3/b18-10+;;. The number of hydrogen-bond acceptors (Lipinski definition) is 2. The molecule has 4 nitrogen and oxygen atoms in total. The van der Waals surface area contributed by atoms with Crippen molar-refractivity contribution in [2.75, 3.05) is 5.32 Å². The Morgan fingerprint density at radius 1 is 0.960 bits per heavy atom. The second-order valence-corrected chi connectivity index (χ2v) is 4.61. The van der Waals surface area contributed by atoms with E-state index in [1.807, 2.05) is 59.7 Å². The lowest BCUT2D eigenvalue weighted by Crippen LogP contribution is -2.25. The van der Waals surface area contributed by atoms with Crippen LogP contribution in [-0.2, 0) is 0 Å². The van der Waals surface area contributed by atoms with Crippen molar-refractivity contribution in [3.63, 3.8) is 0 Å². The number of rotatable bonds is 3. The lowest BCUT2D eigenvalue weighted by atomic mass is 10.1. The predicted molar refractivity (Wildman–Crippen MR) is 105 cm³/mol. The number of benzene rings is 2. The van der Waals surface area contributed by atoms with Gasteiger partial charge in [-0.05, 0) is 31.0 Å². The molecule has 0 spiro atoms. The fourth-order valence-corrected chi connectivity index (χ4v) is 1.89. The Balaban J connectivity index is 0.00000134. The highest BCUT2D eigenvalue weighted by Crippen LogP contribution is 2.18. The molecule has 0 radical (unpaired) electrons. The summed E-state index contributed by atoms with van der Waals surface area (Å²) in [4.78, 5) is 11.8. The van der Waals surface area contributed by atoms with Gasteiger partial charge < -0.3 is 5.32 Å². The lowest BCUT2D eigenvalue weighted by molar-refractivity contribution is 0.252. The van der Waals surface area contributed by atoms with Gasteiger partial charge >= 0.3 is 6.03 Å². The average molecular weight is 345 g/mol. The topological polar surface area (TPSA) is 53.5 Å². The zero-order valence-corrected chi connectivity index (χ0v) is 15.9. The number of carbonyl (C=O) groups is 1. The van der Waals surface area contributed by atoms with Crippen molar-refractivity contribution >= 4 is 17.9 Å². The summed E-state index contributed by atoms with van der Waals surface area (Å²) < 4.78 is 13.3. The largest absolute Gasteiger partial charge is 0.339 e. The molecule has 25 heavy (non-hydrogen) atoms. The molecular weight excluding hydrogens is 317 g/mol. The number of amides is 2. The molecule has 2 N–H and O–H groups in total. The molecule has 0 aliphatic heterocycles. The molecule has 0 bridgehead atoms. The van der Waals surface area contributed by atoms with E-state index in [4.69, 9.17) is 0 Å². The molecule has 0 saturated carbocycles.